The molecule has 12 nitrogen and oxygen atoms in total. The number of carbonyl (C=O) groups excluding carboxylic acids is 2. The van der Waals surface area contributed by atoms with Crippen molar-refractivity contribution in [3.05, 3.63) is 0 Å². The third-order valence-corrected chi connectivity index (χ3v) is 10.2. The Hall–Kier alpha value is -1.70. The summed E-state index contributed by atoms with van der Waals surface area (Å²) in [5.41, 5.74) is -3.92. The molecule has 2 heterocycles. The quantitative estimate of drug-likeness (QED) is 0.188. The maximum Gasteiger partial charge on any atom is 0.407 e. The number of carbonyl (C=O) groups is 2. The van der Waals surface area contributed by atoms with Crippen molar-refractivity contribution in [1.29, 1.82) is 0 Å². The van der Waals surface area contributed by atoms with Crippen LogP contribution in [0.1, 0.15) is 149 Å². The topological polar surface area (TPSA) is 142 Å². The summed E-state index contributed by atoms with van der Waals surface area (Å²) < 4.78 is 12.1. The van der Waals surface area contributed by atoms with Gasteiger partial charge >= 0.3 is 12.2 Å². The van der Waals surface area contributed by atoms with Crippen LogP contribution in [-0.4, -0.2) is 104 Å². The Morgan fingerprint density at radius 1 is 0.640 bits per heavy atom. The number of aliphatic hydroxyl groups is 2. The van der Waals surface area contributed by atoms with Gasteiger partial charge in [-0.15, -0.1) is 0 Å². The van der Waals surface area contributed by atoms with Crippen molar-refractivity contribution < 1.29 is 39.0 Å². The summed E-state index contributed by atoms with van der Waals surface area (Å²) in [5.74, 6) is 0. The number of alkyl carbamates (subject to hydrolysis) is 2. The van der Waals surface area contributed by atoms with Crippen LogP contribution in [0.4, 0.5) is 9.59 Å². The van der Waals surface area contributed by atoms with Crippen LogP contribution in [0.3, 0.4) is 0 Å². The molecule has 2 aliphatic heterocycles. The summed E-state index contributed by atoms with van der Waals surface area (Å²) in [6.45, 7) is 30.7. The lowest BCUT2D eigenvalue weighted by Gasteiger charge is -2.53. The van der Waals surface area contributed by atoms with E-state index in [1.54, 1.807) is 27.7 Å². The van der Waals surface area contributed by atoms with Crippen LogP contribution >= 0.6 is 0 Å². The van der Waals surface area contributed by atoms with Gasteiger partial charge < -0.3 is 30.3 Å². The third kappa shape index (κ3) is 12.2. The molecule has 2 amide bonds. The zero-order chi connectivity index (χ0) is 38.4. The first kappa shape index (κ1) is 42.7. The van der Waals surface area contributed by atoms with Crippen LogP contribution in [0.5, 0.6) is 0 Å². The van der Waals surface area contributed by atoms with Gasteiger partial charge in [-0.25, -0.2) is 9.59 Å². The zero-order valence-electron chi connectivity index (χ0n) is 34.0. The van der Waals surface area contributed by atoms with E-state index in [0.29, 0.717) is 38.6 Å². The molecule has 2 saturated heterocycles. The van der Waals surface area contributed by atoms with E-state index in [4.69, 9.17) is 19.1 Å². The normalized spacial score (nSPS) is 28.9. The third-order valence-electron chi connectivity index (χ3n) is 10.2. The lowest BCUT2D eigenvalue weighted by atomic mass is 9.62. The summed E-state index contributed by atoms with van der Waals surface area (Å²) in [6.07, 6.45) is 3.31. The highest BCUT2D eigenvalue weighted by atomic mass is 16.7. The van der Waals surface area contributed by atoms with E-state index in [1.165, 1.54) is 0 Å². The van der Waals surface area contributed by atoms with Gasteiger partial charge in [0.1, 0.15) is 12.2 Å². The number of piperidine rings is 2. The first-order chi connectivity index (χ1) is 22.3. The second-order valence-corrected chi connectivity index (χ2v) is 20.6. The first-order valence-electron chi connectivity index (χ1n) is 18.6. The number of rotatable bonds is 11. The molecule has 1 saturated carbocycles. The predicted molar refractivity (Wildman–Crippen MR) is 194 cm³/mol. The average Bonchev–Trinajstić information content (AvgIpc) is 2.81. The summed E-state index contributed by atoms with van der Waals surface area (Å²) >= 11 is 0. The fourth-order valence-electron chi connectivity index (χ4n) is 9.36. The van der Waals surface area contributed by atoms with Gasteiger partial charge in [-0.1, -0.05) is 20.8 Å². The molecule has 2 unspecified atom stereocenters. The maximum absolute atomic E-state index is 13.3. The Morgan fingerprint density at radius 2 is 1.02 bits per heavy atom. The minimum Gasteiger partial charge on any atom is -0.446 e. The van der Waals surface area contributed by atoms with E-state index < -0.39 is 45.5 Å². The van der Waals surface area contributed by atoms with Gasteiger partial charge in [-0.2, -0.15) is 10.1 Å². The van der Waals surface area contributed by atoms with E-state index >= 15 is 0 Å². The van der Waals surface area contributed by atoms with Crippen LogP contribution in [0.2, 0.25) is 0 Å². The van der Waals surface area contributed by atoms with Gasteiger partial charge in [0.05, 0.1) is 24.4 Å². The van der Waals surface area contributed by atoms with E-state index in [0.717, 1.165) is 12.8 Å². The van der Waals surface area contributed by atoms with E-state index in [-0.39, 0.29) is 42.3 Å². The SMILES string of the molecule is CC(C)(O)CON1C(C)(C)CC(OC(=O)NCC2(C)CC(NC(=O)OC3CC(C)(C)N(OCC(C)(C)O)C(C)(C)C3)CC(C)(C)C2)CC1(C)C. The van der Waals surface area contributed by atoms with Crippen molar-refractivity contribution in [2.75, 3.05) is 19.8 Å². The summed E-state index contributed by atoms with van der Waals surface area (Å²) in [6, 6.07) is -0.111. The minimum atomic E-state index is -0.959. The largest absolute Gasteiger partial charge is 0.446 e. The van der Waals surface area contributed by atoms with Crippen molar-refractivity contribution in [1.82, 2.24) is 20.8 Å². The fourth-order valence-corrected chi connectivity index (χ4v) is 9.36. The van der Waals surface area contributed by atoms with Gasteiger partial charge in [0.25, 0.3) is 0 Å². The fraction of sp³-hybridized carbons (Fsp3) is 0.947. The van der Waals surface area contributed by atoms with Gasteiger partial charge in [-0.3, -0.25) is 9.68 Å². The predicted octanol–water partition coefficient (Wildman–Crippen LogP) is 6.47. The molecule has 4 N–H and O–H groups in total. The lowest BCUT2D eigenvalue weighted by Crippen LogP contribution is -2.63. The van der Waals surface area contributed by atoms with Crippen LogP contribution in [0.15, 0.2) is 0 Å². The average molecular weight is 713 g/mol. The minimum absolute atomic E-state index is 0.0618. The zero-order valence-corrected chi connectivity index (χ0v) is 34.0. The molecule has 0 spiro atoms. The Labute approximate surface area is 302 Å². The molecule has 50 heavy (non-hydrogen) atoms. The highest BCUT2D eigenvalue weighted by Crippen LogP contribution is 2.46. The van der Waals surface area contributed by atoms with Crippen molar-refractivity contribution in [2.45, 2.75) is 200 Å². The number of hydroxylamine groups is 4. The Bertz CT molecular complexity index is 1150. The van der Waals surface area contributed by atoms with Crippen LogP contribution < -0.4 is 10.6 Å². The van der Waals surface area contributed by atoms with Crippen molar-refractivity contribution in [2.24, 2.45) is 10.8 Å². The molecule has 0 aromatic heterocycles. The summed E-state index contributed by atoms with van der Waals surface area (Å²) in [7, 11) is 0. The van der Waals surface area contributed by atoms with Gasteiger partial charge in [-0.05, 0) is 113 Å². The smallest absolute Gasteiger partial charge is 0.407 e. The highest BCUT2D eigenvalue weighted by molar-refractivity contribution is 5.68. The van der Waals surface area contributed by atoms with Gasteiger partial charge in [0.2, 0.25) is 0 Å². The number of hydrogen-bond acceptors (Lipinski definition) is 10. The first-order valence-corrected chi connectivity index (χ1v) is 18.6. The molecule has 2 atom stereocenters. The van der Waals surface area contributed by atoms with E-state index in [9.17, 15) is 19.8 Å². The molecule has 0 aromatic rings. The molecule has 3 fully saturated rings. The molecule has 3 aliphatic rings. The lowest BCUT2D eigenvalue weighted by molar-refractivity contribution is -0.306. The molecule has 0 radical (unpaired) electrons. The van der Waals surface area contributed by atoms with Gasteiger partial charge in [0.15, 0.2) is 0 Å². The number of amides is 2. The number of ether oxygens (including phenoxy) is 2. The molecule has 292 valence electrons. The molecular weight excluding hydrogens is 640 g/mol. The Morgan fingerprint density at radius 3 is 1.40 bits per heavy atom. The molecule has 0 bridgehead atoms. The van der Waals surface area contributed by atoms with Crippen molar-refractivity contribution in [3.8, 4) is 0 Å². The van der Waals surface area contributed by atoms with E-state index in [2.05, 4.69) is 86.8 Å². The van der Waals surface area contributed by atoms with Crippen LogP contribution in [0.25, 0.3) is 0 Å². The van der Waals surface area contributed by atoms with Crippen LogP contribution in [-0.2, 0) is 19.1 Å². The van der Waals surface area contributed by atoms with E-state index in [1.807, 2.05) is 10.1 Å². The summed E-state index contributed by atoms with van der Waals surface area (Å²) in [4.78, 5) is 38.7. The van der Waals surface area contributed by atoms with Crippen molar-refractivity contribution >= 4 is 12.2 Å². The van der Waals surface area contributed by atoms with Crippen LogP contribution in [0, 0.1) is 10.8 Å². The van der Waals surface area contributed by atoms with Crippen molar-refractivity contribution in [3.63, 3.8) is 0 Å². The second kappa shape index (κ2) is 14.6. The number of hydrogen-bond donors (Lipinski definition) is 4. The monoisotopic (exact) mass is 713 g/mol. The molecule has 0 aromatic carbocycles. The van der Waals surface area contributed by atoms with Gasteiger partial charge in [0, 0.05) is 60.4 Å². The number of nitrogens with one attached hydrogen (secondary N) is 2. The molecule has 12 heteroatoms. The maximum atomic E-state index is 13.3. The highest BCUT2D eigenvalue weighted by Gasteiger charge is 2.50. The second-order valence-electron chi connectivity index (χ2n) is 20.6. The number of nitrogens with zero attached hydrogens (tertiary/aromatic N) is 2. The molecule has 3 rings (SSSR count). The Kier molecular flexibility index (Phi) is 12.5. The Balaban J connectivity index is 1.56. The molecule has 1 aliphatic carbocycles. The molecular formula is C38H72N4O8. The summed E-state index contributed by atoms with van der Waals surface area (Å²) in [5, 5.41) is 30.6. The standard InChI is InChI=1S/C38H72N4O8/c1-31(2)16-26(40-30(44)50-28-20-34(7,8)42(35(9,10)21-28)48-25-37(13,14)46)17-38(15,22-31)23-39-29(43)49-27-18-32(3,4)41(33(5,6)19-27)47-24-36(11,12)45/h26-28,45-46H,16-25H2,1-15H3,(H,39,43)(H,40,44).